The van der Waals surface area contributed by atoms with Crippen molar-refractivity contribution in [1.29, 1.82) is 0 Å². The van der Waals surface area contributed by atoms with Crippen LogP contribution in [0.15, 0.2) is 83.7 Å². The van der Waals surface area contributed by atoms with Gasteiger partial charge in [0, 0.05) is 6.54 Å². The van der Waals surface area contributed by atoms with E-state index < -0.39 is 0 Å². The van der Waals surface area contributed by atoms with Gasteiger partial charge in [0.05, 0.1) is 23.9 Å². The first kappa shape index (κ1) is 19.5. The van der Waals surface area contributed by atoms with Crippen LogP contribution in [0, 0.1) is 5.82 Å². The molecule has 0 atom stereocenters. The second kappa shape index (κ2) is 8.69. The summed E-state index contributed by atoms with van der Waals surface area (Å²) in [5, 5.41) is 0.502. The van der Waals surface area contributed by atoms with Gasteiger partial charge in [0.2, 0.25) is 5.91 Å². The van der Waals surface area contributed by atoms with Crippen molar-refractivity contribution >= 4 is 16.8 Å². The lowest BCUT2D eigenvalue weighted by molar-refractivity contribution is -0.131. The first-order chi connectivity index (χ1) is 14.6. The summed E-state index contributed by atoms with van der Waals surface area (Å²) in [5.74, 6) is -0.155. The fourth-order valence-corrected chi connectivity index (χ4v) is 3.36. The minimum absolute atomic E-state index is 0.0579. The van der Waals surface area contributed by atoms with Gasteiger partial charge in [-0.2, -0.15) is 0 Å². The molecule has 150 valence electrons. The zero-order valence-electron chi connectivity index (χ0n) is 16.2. The summed E-state index contributed by atoms with van der Waals surface area (Å²) in [6.45, 7) is 0.495. The molecule has 0 fully saturated rings. The molecule has 4 rings (SSSR count). The Morgan fingerprint density at radius 3 is 2.43 bits per heavy atom. The van der Waals surface area contributed by atoms with Gasteiger partial charge in [-0.25, -0.2) is 9.37 Å². The number of H-pyrrole nitrogens is 1. The van der Waals surface area contributed by atoms with Crippen LogP contribution in [0.25, 0.3) is 10.9 Å². The summed E-state index contributed by atoms with van der Waals surface area (Å²) in [6, 6.07) is 22.7. The van der Waals surface area contributed by atoms with Crippen LogP contribution < -0.4 is 5.56 Å². The lowest BCUT2D eigenvalue weighted by Crippen LogP contribution is -2.33. The van der Waals surface area contributed by atoms with Gasteiger partial charge in [0.1, 0.15) is 11.6 Å². The average molecular weight is 401 g/mol. The molecule has 1 amide bonds. The third-order valence-electron chi connectivity index (χ3n) is 4.82. The number of carbonyl (C=O) groups excluding carboxylic acids is 1. The van der Waals surface area contributed by atoms with Gasteiger partial charge in [-0.05, 0) is 35.4 Å². The minimum atomic E-state index is -0.379. The van der Waals surface area contributed by atoms with Crippen molar-refractivity contribution in [2.45, 2.75) is 19.5 Å². The Kier molecular flexibility index (Phi) is 5.66. The summed E-state index contributed by atoms with van der Waals surface area (Å²) in [4.78, 5) is 34.4. The molecule has 0 aliphatic heterocycles. The number of nitrogens with zero attached hydrogens (tertiary/aromatic N) is 2. The SMILES string of the molecule is O=C(Cc1cccc(F)c1)N(Cc1ccccc1)Cc1nc2ccccc2c(=O)[nH]1. The fraction of sp³-hybridized carbons (Fsp3) is 0.125. The highest BCUT2D eigenvalue weighted by molar-refractivity contribution is 5.79. The van der Waals surface area contributed by atoms with E-state index in [2.05, 4.69) is 9.97 Å². The largest absolute Gasteiger partial charge is 0.331 e. The number of amides is 1. The molecule has 1 heterocycles. The van der Waals surface area contributed by atoms with Gasteiger partial charge in [0.25, 0.3) is 5.56 Å². The number of hydrogen-bond donors (Lipinski definition) is 1. The Balaban J connectivity index is 1.63. The van der Waals surface area contributed by atoms with Gasteiger partial charge in [-0.1, -0.05) is 54.6 Å². The highest BCUT2D eigenvalue weighted by Gasteiger charge is 2.17. The van der Waals surface area contributed by atoms with E-state index in [1.54, 1.807) is 35.2 Å². The molecule has 1 N–H and O–H groups in total. The van der Waals surface area contributed by atoms with Crippen LogP contribution in [0.4, 0.5) is 4.39 Å². The Labute approximate surface area is 172 Å². The molecule has 5 nitrogen and oxygen atoms in total. The predicted octanol–water partition coefficient (Wildman–Crippen LogP) is 3.83. The Bertz CT molecular complexity index is 1240. The molecule has 0 saturated carbocycles. The lowest BCUT2D eigenvalue weighted by Gasteiger charge is -2.23. The topological polar surface area (TPSA) is 66.1 Å². The summed E-state index contributed by atoms with van der Waals surface area (Å²) in [7, 11) is 0. The van der Waals surface area contributed by atoms with E-state index in [1.807, 2.05) is 36.4 Å². The van der Waals surface area contributed by atoms with Crippen LogP contribution in [0.1, 0.15) is 17.0 Å². The Morgan fingerprint density at radius 1 is 0.900 bits per heavy atom. The first-order valence-electron chi connectivity index (χ1n) is 9.62. The van der Waals surface area contributed by atoms with E-state index in [0.29, 0.717) is 28.8 Å². The maximum absolute atomic E-state index is 13.5. The van der Waals surface area contributed by atoms with Crippen molar-refractivity contribution in [2.24, 2.45) is 0 Å². The molecule has 0 radical (unpaired) electrons. The monoisotopic (exact) mass is 401 g/mol. The second-order valence-electron chi connectivity index (χ2n) is 7.07. The molecular weight excluding hydrogens is 381 g/mol. The minimum Gasteiger partial charge on any atom is -0.331 e. The molecule has 4 aromatic rings. The summed E-state index contributed by atoms with van der Waals surface area (Å²) >= 11 is 0. The van der Waals surface area contributed by atoms with Crippen LogP contribution in [-0.2, 0) is 24.3 Å². The second-order valence-corrected chi connectivity index (χ2v) is 7.07. The normalized spacial score (nSPS) is 10.8. The van der Waals surface area contributed by atoms with Gasteiger partial charge in [0.15, 0.2) is 0 Å². The molecule has 0 spiro atoms. The van der Waals surface area contributed by atoms with Crippen molar-refractivity contribution in [2.75, 3.05) is 0 Å². The number of carbonyl (C=O) groups is 1. The smallest absolute Gasteiger partial charge is 0.258 e. The molecular formula is C24H20FN3O2. The molecule has 0 aliphatic rings. The van der Waals surface area contributed by atoms with E-state index in [9.17, 15) is 14.0 Å². The molecule has 6 heteroatoms. The maximum atomic E-state index is 13.5. The van der Waals surface area contributed by atoms with Gasteiger partial charge in [-0.3, -0.25) is 9.59 Å². The molecule has 0 saturated heterocycles. The van der Waals surface area contributed by atoms with Crippen LogP contribution in [0.2, 0.25) is 0 Å². The van der Waals surface area contributed by atoms with E-state index >= 15 is 0 Å². The molecule has 30 heavy (non-hydrogen) atoms. The summed E-state index contributed by atoms with van der Waals surface area (Å²) < 4.78 is 13.5. The van der Waals surface area contributed by atoms with Crippen LogP contribution in [0.5, 0.6) is 0 Å². The quantitative estimate of drug-likeness (QED) is 0.534. The Hall–Kier alpha value is -3.80. The number of hydrogen-bond acceptors (Lipinski definition) is 3. The first-order valence-corrected chi connectivity index (χ1v) is 9.62. The molecule has 1 aromatic heterocycles. The zero-order valence-corrected chi connectivity index (χ0v) is 16.2. The number of benzene rings is 3. The molecule has 0 unspecified atom stereocenters. The fourth-order valence-electron chi connectivity index (χ4n) is 3.36. The third-order valence-corrected chi connectivity index (χ3v) is 4.82. The molecule has 0 bridgehead atoms. The van der Waals surface area contributed by atoms with Crippen molar-refractivity contribution in [3.05, 3.63) is 112 Å². The van der Waals surface area contributed by atoms with Crippen molar-refractivity contribution in [3.8, 4) is 0 Å². The Morgan fingerprint density at radius 2 is 1.63 bits per heavy atom. The number of aromatic nitrogens is 2. The van der Waals surface area contributed by atoms with Gasteiger partial charge in [-0.15, -0.1) is 0 Å². The third kappa shape index (κ3) is 4.60. The van der Waals surface area contributed by atoms with E-state index in [4.69, 9.17) is 0 Å². The number of nitrogens with one attached hydrogen (secondary N) is 1. The van der Waals surface area contributed by atoms with Gasteiger partial charge < -0.3 is 9.88 Å². The number of halogens is 1. The average Bonchev–Trinajstić information content (AvgIpc) is 2.74. The van der Waals surface area contributed by atoms with Crippen molar-refractivity contribution < 1.29 is 9.18 Å². The number of para-hydroxylation sites is 1. The van der Waals surface area contributed by atoms with Crippen LogP contribution in [-0.4, -0.2) is 20.8 Å². The van der Waals surface area contributed by atoms with E-state index in [1.165, 1.54) is 12.1 Å². The van der Waals surface area contributed by atoms with Crippen molar-refractivity contribution in [1.82, 2.24) is 14.9 Å². The standard InChI is InChI=1S/C24H20FN3O2/c25-19-10-6-9-18(13-19)14-23(29)28(15-17-7-2-1-3-8-17)16-22-26-21-12-5-4-11-20(21)24(30)27-22/h1-13H,14-16H2,(H,26,27,30). The molecule has 3 aromatic carbocycles. The zero-order chi connectivity index (χ0) is 20.9. The van der Waals surface area contributed by atoms with E-state index in [-0.39, 0.29) is 30.2 Å². The highest BCUT2D eigenvalue weighted by atomic mass is 19.1. The number of fused-ring (bicyclic) bond motifs is 1. The van der Waals surface area contributed by atoms with Crippen LogP contribution >= 0.6 is 0 Å². The maximum Gasteiger partial charge on any atom is 0.258 e. The summed E-state index contributed by atoms with van der Waals surface area (Å²) in [6.07, 6.45) is 0.0579. The number of aromatic amines is 1. The van der Waals surface area contributed by atoms with Crippen LogP contribution in [0.3, 0.4) is 0 Å². The van der Waals surface area contributed by atoms with Crippen molar-refractivity contribution in [3.63, 3.8) is 0 Å². The molecule has 0 aliphatic carbocycles. The highest BCUT2D eigenvalue weighted by Crippen LogP contribution is 2.13. The summed E-state index contributed by atoms with van der Waals surface area (Å²) in [5.41, 5.74) is 1.88. The number of rotatable bonds is 6. The van der Waals surface area contributed by atoms with E-state index in [0.717, 1.165) is 5.56 Å². The predicted molar refractivity (Wildman–Crippen MR) is 113 cm³/mol. The lowest BCUT2D eigenvalue weighted by atomic mass is 10.1. The van der Waals surface area contributed by atoms with Gasteiger partial charge >= 0.3 is 0 Å².